The first-order valence-electron chi connectivity index (χ1n) is 8.40. The molecular weight excluding hydrogens is 232 g/mol. The van der Waals surface area contributed by atoms with Gasteiger partial charge in [0.15, 0.2) is 0 Å². The van der Waals surface area contributed by atoms with Crippen molar-refractivity contribution >= 4 is 0 Å². The second-order valence-electron chi connectivity index (χ2n) is 7.85. The Morgan fingerprint density at radius 1 is 1.11 bits per heavy atom. The molecule has 0 atom stereocenters. The average Bonchev–Trinajstić information content (AvgIpc) is 2.41. The minimum absolute atomic E-state index is 0.543. The lowest BCUT2D eigenvalue weighted by Crippen LogP contribution is -2.45. The summed E-state index contributed by atoms with van der Waals surface area (Å²) in [6, 6.07) is 0.798. The summed E-state index contributed by atoms with van der Waals surface area (Å²) in [7, 11) is 2.25. The highest BCUT2D eigenvalue weighted by Crippen LogP contribution is 2.32. The van der Waals surface area contributed by atoms with Crippen LogP contribution in [0.25, 0.3) is 0 Å². The number of rotatable bonds is 4. The molecule has 0 amide bonds. The van der Waals surface area contributed by atoms with Gasteiger partial charge in [0.05, 0.1) is 0 Å². The van der Waals surface area contributed by atoms with E-state index in [1.165, 1.54) is 58.2 Å². The van der Waals surface area contributed by atoms with E-state index in [1.807, 2.05) is 0 Å². The lowest BCUT2D eigenvalue weighted by molar-refractivity contribution is 0.127. The van der Waals surface area contributed by atoms with E-state index in [0.29, 0.717) is 5.41 Å². The van der Waals surface area contributed by atoms with Crippen LogP contribution in [0.15, 0.2) is 0 Å². The SMILES string of the molecule is CC(C)C1CCC(NCC2(C)CCN(C)CC2)CC1. The molecule has 2 nitrogen and oxygen atoms in total. The molecule has 1 saturated heterocycles. The van der Waals surface area contributed by atoms with Gasteiger partial charge in [-0.1, -0.05) is 20.8 Å². The first-order chi connectivity index (χ1) is 8.98. The van der Waals surface area contributed by atoms with Crippen molar-refractivity contribution in [3.8, 4) is 0 Å². The van der Waals surface area contributed by atoms with Crippen LogP contribution < -0.4 is 5.32 Å². The molecule has 1 heterocycles. The molecule has 1 aliphatic carbocycles. The minimum Gasteiger partial charge on any atom is -0.313 e. The smallest absolute Gasteiger partial charge is 0.00675 e. The summed E-state index contributed by atoms with van der Waals surface area (Å²) in [5.41, 5.74) is 0.543. The maximum atomic E-state index is 3.89. The van der Waals surface area contributed by atoms with Crippen molar-refractivity contribution in [1.82, 2.24) is 10.2 Å². The van der Waals surface area contributed by atoms with Crippen molar-refractivity contribution < 1.29 is 0 Å². The molecule has 0 radical (unpaired) electrons. The van der Waals surface area contributed by atoms with Crippen LogP contribution >= 0.6 is 0 Å². The van der Waals surface area contributed by atoms with Crippen LogP contribution in [-0.2, 0) is 0 Å². The van der Waals surface area contributed by atoms with Crippen LogP contribution in [0.3, 0.4) is 0 Å². The van der Waals surface area contributed by atoms with Crippen LogP contribution in [0.4, 0.5) is 0 Å². The van der Waals surface area contributed by atoms with Crippen molar-refractivity contribution in [3.63, 3.8) is 0 Å². The van der Waals surface area contributed by atoms with E-state index in [1.54, 1.807) is 0 Å². The molecule has 2 fully saturated rings. The highest BCUT2D eigenvalue weighted by molar-refractivity contribution is 4.86. The van der Waals surface area contributed by atoms with Crippen LogP contribution in [0.5, 0.6) is 0 Å². The topological polar surface area (TPSA) is 15.3 Å². The molecule has 112 valence electrons. The highest BCUT2D eigenvalue weighted by atomic mass is 15.1. The Morgan fingerprint density at radius 3 is 2.21 bits per heavy atom. The minimum atomic E-state index is 0.543. The summed E-state index contributed by atoms with van der Waals surface area (Å²) in [5.74, 6) is 1.87. The van der Waals surface area contributed by atoms with E-state index in [4.69, 9.17) is 0 Å². The van der Waals surface area contributed by atoms with E-state index >= 15 is 0 Å². The summed E-state index contributed by atoms with van der Waals surface area (Å²) in [4.78, 5) is 2.47. The third-order valence-corrected chi connectivity index (χ3v) is 5.73. The van der Waals surface area contributed by atoms with Gasteiger partial charge in [0.25, 0.3) is 0 Å². The molecule has 1 aliphatic heterocycles. The monoisotopic (exact) mass is 266 g/mol. The van der Waals surface area contributed by atoms with Gasteiger partial charge in [-0.25, -0.2) is 0 Å². The molecule has 2 aliphatic rings. The Kier molecular flexibility index (Phi) is 5.30. The molecule has 0 aromatic rings. The number of likely N-dealkylation sites (tertiary alicyclic amines) is 1. The fourth-order valence-corrected chi connectivity index (χ4v) is 3.72. The number of hydrogen-bond donors (Lipinski definition) is 1. The summed E-state index contributed by atoms with van der Waals surface area (Å²) in [6.07, 6.45) is 8.40. The Morgan fingerprint density at radius 2 is 1.68 bits per heavy atom. The van der Waals surface area contributed by atoms with E-state index in [0.717, 1.165) is 17.9 Å². The van der Waals surface area contributed by atoms with Gasteiger partial charge in [-0.3, -0.25) is 0 Å². The maximum Gasteiger partial charge on any atom is 0.00675 e. The normalized spacial score (nSPS) is 32.7. The summed E-state index contributed by atoms with van der Waals surface area (Å²) >= 11 is 0. The average molecular weight is 266 g/mol. The maximum absolute atomic E-state index is 3.89. The Hall–Kier alpha value is -0.0800. The predicted molar refractivity (Wildman–Crippen MR) is 83.4 cm³/mol. The summed E-state index contributed by atoms with van der Waals surface area (Å²) < 4.78 is 0. The lowest BCUT2D eigenvalue weighted by Gasteiger charge is -2.40. The third-order valence-electron chi connectivity index (χ3n) is 5.73. The second kappa shape index (κ2) is 6.58. The highest BCUT2D eigenvalue weighted by Gasteiger charge is 2.30. The lowest BCUT2D eigenvalue weighted by atomic mass is 9.78. The molecule has 2 rings (SSSR count). The molecule has 0 spiro atoms. The zero-order valence-corrected chi connectivity index (χ0v) is 13.5. The zero-order valence-electron chi connectivity index (χ0n) is 13.5. The molecule has 0 aromatic heterocycles. The Bertz CT molecular complexity index is 258. The van der Waals surface area contributed by atoms with Gasteiger partial charge in [-0.15, -0.1) is 0 Å². The fraction of sp³-hybridized carbons (Fsp3) is 1.00. The van der Waals surface area contributed by atoms with Crippen molar-refractivity contribution in [3.05, 3.63) is 0 Å². The Balaban J connectivity index is 1.69. The van der Waals surface area contributed by atoms with E-state index < -0.39 is 0 Å². The van der Waals surface area contributed by atoms with Gasteiger partial charge in [-0.05, 0) is 75.9 Å². The van der Waals surface area contributed by atoms with Gasteiger partial charge in [-0.2, -0.15) is 0 Å². The predicted octanol–water partition coefficient (Wildman–Crippen LogP) is 3.52. The molecule has 1 N–H and O–H groups in total. The standard InChI is InChI=1S/C17H34N2/c1-14(2)15-5-7-16(8-6-15)18-13-17(3)9-11-19(4)12-10-17/h14-16,18H,5-13H2,1-4H3. The number of piperidine rings is 1. The van der Waals surface area contributed by atoms with Crippen molar-refractivity contribution in [2.24, 2.45) is 17.3 Å². The first kappa shape index (κ1) is 15.3. The largest absolute Gasteiger partial charge is 0.313 e. The van der Waals surface area contributed by atoms with E-state index in [-0.39, 0.29) is 0 Å². The summed E-state index contributed by atoms with van der Waals surface area (Å²) in [6.45, 7) is 11.0. The van der Waals surface area contributed by atoms with Crippen molar-refractivity contribution in [1.29, 1.82) is 0 Å². The number of hydrogen-bond acceptors (Lipinski definition) is 2. The second-order valence-corrected chi connectivity index (χ2v) is 7.85. The van der Waals surface area contributed by atoms with E-state index in [2.05, 4.69) is 38.0 Å². The quantitative estimate of drug-likeness (QED) is 0.837. The molecule has 0 bridgehead atoms. The molecule has 0 aromatic carbocycles. The molecule has 0 unspecified atom stereocenters. The molecule has 2 heteroatoms. The third kappa shape index (κ3) is 4.46. The van der Waals surface area contributed by atoms with Gasteiger partial charge in [0, 0.05) is 12.6 Å². The fourth-order valence-electron chi connectivity index (χ4n) is 3.72. The van der Waals surface area contributed by atoms with Crippen LogP contribution in [0, 0.1) is 17.3 Å². The van der Waals surface area contributed by atoms with Gasteiger partial charge in [0.1, 0.15) is 0 Å². The van der Waals surface area contributed by atoms with E-state index in [9.17, 15) is 0 Å². The van der Waals surface area contributed by atoms with Crippen molar-refractivity contribution in [2.45, 2.75) is 65.3 Å². The zero-order chi connectivity index (χ0) is 13.9. The summed E-state index contributed by atoms with van der Waals surface area (Å²) in [5, 5.41) is 3.89. The van der Waals surface area contributed by atoms with Crippen molar-refractivity contribution in [2.75, 3.05) is 26.7 Å². The Labute approximate surface area is 120 Å². The van der Waals surface area contributed by atoms with Crippen LogP contribution in [0.1, 0.15) is 59.3 Å². The van der Waals surface area contributed by atoms with Gasteiger partial charge >= 0.3 is 0 Å². The molecule has 19 heavy (non-hydrogen) atoms. The van der Waals surface area contributed by atoms with Gasteiger partial charge < -0.3 is 10.2 Å². The first-order valence-corrected chi connectivity index (χ1v) is 8.40. The number of nitrogens with one attached hydrogen (secondary N) is 1. The van der Waals surface area contributed by atoms with Gasteiger partial charge in [0.2, 0.25) is 0 Å². The molecular formula is C17H34N2. The number of nitrogens with zero attached hydrogens (tertiary/aromatic N) is 1. The van der Waals surface area contributed by atoms with Crippen LogP contribution in [-0.4, -0.2) is 37.6 Å². The molecule has 1 saturated carbocycles. The van der Waals surface area contributed by atoms with Crippen LogP contribution in [0.2, 0.25) is 0 Å².